The molecule has 1 aromatic carbocycles. The number of alkyl halides is 3. The molecule has 0 spiro atoms. The summed E-state index contributed by atoms with van der Waals surface area (Å²) in [6.07, 6.45) is -3.15. The number of nitrogens with two attached hydrogens (primary N) is 1. The molecular formula is C24H22F3N5O5. The molecule has 0 bridgehead atoms. The predicted molar refractivity (Wildman–Crippen MR) is 126 cm³/mol. The highest BCUT2D eigenvalue weighted by atomic mass is 19.4. The predicted octanol–water partition coefficient (Wildman–Crippen LogP) is 2.89. The third-order valence-electron chi connectivity index (χ3n) is 5.75. The van der Waals surface area contributed by atoms with Crippen LogP contribution in [-0.4, -0.2) is 65.6 Å². The van der Waals surface area contributed by atoms with Crippen LogP contribution in [-0.2, 0) is 16.0 Å². The van der Waals surface area contributed by atoms with E-state index < -0.39 is 30.6 Å². The van der Waals surface area contributed by atoms with Gasteiger partial charge in [0.15, 0.2) is 0 Å². The van der Waals surface area contributed by atoms with Crippen molar-refractivity contribution in [3.8, 4) is 5.75 Å². The summed E-state index contributed by atoms with van der Waals surface area (Å²) in [5, 5.41) is 3.63. The van der Waals surface area contributed by atoms with Crippen LogP contribution in [0.1, 0.15) is 32.1 Å². The Hall–Kier alpha value is -4.42. The number of carbonyl (C=O) groups excluding carboxylic acids is 3. The van der Waals surface area contributed by atoms with Gasteiger partial charge in [-0.15, -0.1) is 0 Å². The topological polar surface area (TPSA) is 137 Å². The van der Waals surface area contributed by atoms with Crippen molar-refractivity contribution in [2.24, 2.45) is 5.73 Å². The van der Waals surface area contributed by atoms with E-state index in [2.05, 4.69) is 20.0 Å². The molecule has 0 radical (unpaired) electrons. The number of nitrogens with one attached hydrogen (secondary N) is 1. The molecule has 0 aliphatic carbocycles. The van der Waals surface area contributed by atoms with E-state index in [1.165, 1.54) is 19.3 Å². The lowest BCUT2D eigenvalue weighted by Crippen LogP contribution is -2.33. The zero-order valence-electron chi connectivity index (χ0n) is 19.8. The number of hydrogen-bond acceptors (Lipinski definition) is 8. The molecule has 10 nitrogen and oxygen atoms in total. The van der Waals surface area contributed by atoms with E-state index in [9.17, 15) is 27.6 Å². The highest BCUT2D eigenvalue weighted by molar-refractivity contribution is 6.09. The number of nitrogens with zero attached hydrogens (tertiary/aromatic N) is 3. The number of aryl methyl sites for hydroxylation is 1. The minimum atomic E-state index is -5.13. The van der Waals surface area contributed by atoms with Gasteiger partial charge in [0.2, 0.25) is 0 Å². The molecule has 2 aromatic heterocycles. The summed E-state index contributed by atoms with van der Waals surface area (Å²) in [7, 11) is 1.33. The van der Waals surface area contributed by atoms with Crippen LogP contribution >= 0.6 is 0 Å². The maximum absolute atomic E-state index is 13.0. The lowest BCUT2D eigenvalue weighted by molar-refractivity contribution is -0.199. The van der Waals surface area contributed by atoms with Gasteiger partial charge in [-0.3, -0.25) is 14.6 Å². The van der Waals surface area contributed by atoms with E-state index in [0.29, 0.717) is 46.7 Å². The van der Waals surface area contributed by atoms with E-state index in [0.717, 1.165) is 10.5 Å². The van der Waals surface area contributed by atoms with Crippen LogP contribution in [0.2, 0.25) is 0 Å². The molecule has 13 heteroatoms. The van der Waals surface area contributed by atoms with Gasteiger partial charge in [-0.25, -0.2) is 9.78 Å². The van der Waals surface area contributed by atoms with Gasteiger partial charge in [0.1, 0.15) is 18.1 Å². The quantitative estimate of drug-likeness (QED) is 0.457. The van der Waals surface area contributed by atoms with Crippen molar-refractivity contribution in [1.29, 1.82) is 0 Å². The zero-order valence-corrected chi connectivity index (χ0v) is 19.8. The fraction of sp³-hybridized carbons (Fsp3) is 0.292. The van der Waals surface area contributed by atoms with Gasteiger partial charge in [0.05, 0.1) is 35.6 Å². The molecule has 2 amide bonds. The molecular weight excluding hydrogens is 495 g/mol. The SMILES string of the molecule is Cc1nc(C(=O)N(C)CCOC(=O)C(F)(F)F)cc2c(Nc3cccc4c3CCO4)c(C(N)=O)cnc12. The molecule has 194 valence electrons. The van der Waals surface area contributed by atoms with Crippen molar-refractivity contribution in [3.05, 3.63) is 53.0 Å². The molecule has 0 saturated heterocycles. The number of hydrogen-bond donors (Lipinski definition) is 2. The molecule has 3 heterocycles. The van der Waals surface area contributed by atoms with E-state index in [4.69, 9.17) is 10.5 Å². The fourth-order valence-electron chi connectivity index (χ4n) is 3.92. The first-order valence-electron chi connectivity index (χ1n) is 11.1. The highest BCUT2D eigenvalue weighted by Crippen LogP contribution is 2.36. The average molecular weight is 517 g/mol. The normalized spacial score (nSPS) is 12.6. The van der Waals surface area contributed by atoms with E-state index in [1.807, 2.05) is 12.1 Å². The monoisotopic (exact) mass is 517 g/mol. The molecule has 0 saturated carbocycles. The maximum Gasteiger partial charge on any atom is 0.490 e. The molecule has 1 aliphatic heterocycles. The third kappa shape index (κ3) is 5.25. The minimum absolute atomic E-state index is 0.0530. The molecule has 37 heavy (non-hydrogen) atoms. The Balaban J connectivity index is 1.69. The number of rotatable bonds is 7. The van der Waals surface area contributed by atoms with Gasteiger partial charge in [-0.05, 0) is 25.1 Å². The zero-order chi connectivity index (χ0) is 26.9. The number of likely N-dealkylation sites (N-methyl/N-ethyl adjacent to an activating group) is 1. The van der Waals surface area contributed by atoms with Crippen LogP contribution in [0, 0.1) is 6.92 Å². The Kier molecular flexibility index (Phi) is 6.88. The summed E-state index contributed by atoms with van der Waals surface area (Å²) in [4.78, 5) is 45.8. The first kappa shape index (κ1) is 25.7. The highest BCUT2D eigenvalue weighted by Gasteiger charge is 2.40. The van der Waals surface area contributed by atoms with Crippen molar-refractivity contribution in [2.45, 2.75) is 19.5 Å². The number of fused-ring (bicyclic) bond motifs is 2. The number of halogens is 3. The largest absolute Gasteiger partial charge is 0.493 e. The van der Waals surface area contributed by atoms with Gasteiger partial charge in [0, 0.05) is 36.3 Å². The number of aromatic nitrogens is 2. The standard InChI is InChI=1S/C24H22F3N5O5/c1-12-19-14(10-17(30-12)22(34)32(2)7-9-37-23(35)24(25,26)27)20(15(11-29-19)21(28)33)31-16-4-3-5-18-13(16)6-8-36-18/h3-5,10-11H,6-9H2,1-2H3,(H2,28,33)(H,29,31). The number of benzene rings is 1. The number of pyridine rings is 2. The summed E-state index contributed by atoms with van der Waals surface area (Å²) in [6.45, 7) is 1.17. The molecule has 3 N–H and O–H groups in total. The first-order valence-corrected chi connectivity index (χ1v) is 11.1. The number of ether oxygens (including phenoxy) is 2. The second-order valence-electron chi connectivity index (χ2n) is 8.27. The number of anilines is 2. The second kappa shape index (κ2) is 9.91. The molecule has 1 aliphatic rings. The number of amides is 2. The Morgan fingerprint density at radius 1 is 1.27 bits per heavy atom. The van der Waals surface area contributed by atoms with Crippen molar-refractivity contribution >= 4 is 40.1 Å². The van der Waals surface area contributed by atoms with Crippen molar-refractivity contribution in [3.63, 3.8) is 0 Å². The van der Waals surface area contributed by atoms with Crippen molar-refractivity contribution in [1.82, 2.24) is 14.9 Å². The van der Waals surface area contributed by atoms with Crippen LogP contribution in [0.4, 0.5) is 24.5 Å². The molecule has 3 aromatic rings. The van der Waals surface area contributed by atoms with E-state index in [1.54, 1.807) is 13.0 Å². The van der Waals surface area contributed by atoms with Crippen LogP contribution in [0.3, 0.4) is 0 Å². The average Bonchev–Trinajstić information content (AvgIpc) is 3.32. The molecule has 0 unspecified atom stereocenters. The van der Waals surface area contributed by atoms with Gasteiger partial charge in [-0.1, -0.05) is 6.07 Å². The van der Waals surface area contributed by atoms with E-state index >= 15 is 0 Å². The van der Waals surface area contributed by atoms with Crippen LogP contribution in [0.5, 0.6) is 5.75 Å². The van der Waals surface area contributed by atoms with Gasteiger partial charge in [-0.2, -0.15) is 13.2 Å². The van der Waals surface area contributed by atoms with Crippen molar-refractivity contribution in [2.75, 3.05) is 32.1 Å². The molecule has 4 rings (SSSR count). The molecule has 0 fully saturated rings. The Morgan fingerprint density at radius 3 is 2.73 bits per heavy atom. The lowest BCUT2D eigenvalue weighted by atomic mass is 10.0. The van der Waals surface area contributed by atoms with E-state index in [-0.39, 0.29) is 17.8 Å². The van der Waals surface area contributed by atoms with Gasteiger partial charge in [0.25, 0.3) is 11.8 Å². The summed E-state index contributed by atoms with van der Waals surface area (Å²) >= 11 is 0. The maximum atomic E-state index is 13.0. The summed E-state index contributed by atoms with van der Waals surface area (Å²) in [6, 6.07) is 6.87. The second-order valence-corrected chi connectivity index (χ2v) is 8.27. The number of esters is 1. The lowest BCUT2D eigenvalue weighted by Gasteiger charge is -2.19. The first-order chi connectivity index (χ1) is 17.5. The summed E-state index contributed by atoms with van der Waals surface area (Å²) in [5.41, 5.74) is 8.35. The minimum Gasteiger partial charge on any atom is -0.493 e. The third-order valence-corrected chi connectivity index (χ3v) is 5.75. The molecule has 0 atom stereocenters. The Bertz CT molecular complexity index is 1410. The number of carbonyl (C=O) groups is 3. The van der Waals surface area contributed by atoms with Crippen LogP contribution < -0.4 is 15.8 Å². The van der Waals surface area contributed by atoms with Gasteiger partial charge < -0.3 is 25.4 Å². The van der Waals surface area contributed by atoms with Crippen molar-refractivity contribution < 1.29 is 37.0 Å². The summed E-state index contributed by atoms with van der Waals surface area (Å²) in [5.74, 6) is -3.01. The smallest absolute Gasteiger partial charge is 0.490 e. The Labute approximate surface area is 208 Å². The van der Waals surface area contributed by atoms with Gasteiger partial charge >= 0.3 is 12.1 Å². The van der Waals surface area contributed by atoms with Crippen LogP contribution in [0.15, 0.2) is 30.5 Å². The number of primary amides is 1. The summed E-state index contributed by atoms with van der Waals surface area (Å²) < 4.78 is 46.8. The van der Waals surface area contributed by atoms with Crippen LogP contribution in [0.25, 0.3) is 10.9 Å². The fourth-order valence-corrected chi connectivity index (χ4v) is 3.92. The Morgan fingerprint density at radius 2 is 2.03 bits per heavy atom.